The predicted molar refractivity (Wildman–Crippen MR) is 103 cm³/mol. The maximum atomic E-state index is 6.50. The first-order valence-electron chi connectivity index (χ1n) is 8.53. The molecule has 2 heterocycles. The smallest absolute Gasteiger partial charge is 0.256 e. The number of ether oxygens (including phenoxy) is 1. The molecule has 0 N–H and O–H groups in total. The molecular weight excluding hydrogens is 310 g/mol. The summed E-state index contributed by atoms with van der Waals surface area (Å²) in [5, 5.41) is 3.89. The van der Waals surface area contributed by atoms with Gasteiger partial charge in [0.25, 0.3) is 5.69 Å². The van der Waals surface area contributed by atoms with Gasteiger partial charge >= 0.3 is 0 Å². The van der Waals surface area contributed by atoms with E-state index in [0.29, 0.717) is 0 Å². The van der Waals surface area contributed by atoms with Crippen molar-refractivity contribution in [2.24, 2.45) is 7.05 Å². The van der Waals surface area contributed by atoms with Crippen molar-refractivity contribution in [3.05, 3.63) is 47.7 Å². The molecule has 2 aromatic carbocycles. The van der Waals surface area contributed by atoms with E-state index in [-0.39, 0.29) is 0 Å². The van der Waals surface area contributed by atoms with Crippen LogP contribution in [-0.2, 0) is 7.05 Å². The largest absolute Gasteiger partial charge is 0.450 e. The van der Waals surface area contributed by atoms with Crippen molar-refractivity contribution in [2.45, 2.75) is 33.5 Å². The van der Waals surface area contributed by atoms with E-state index < -0.39 is 8.07 Å². The van der Waals surface area contributed by atoms with Crippen LogP contribution in [-0.4, -0.2) is 8.07 Å². The molecule has 0 bridgehead atoms. The summed E-state index contributed by atoms with van der Waals surface area (Å²) in [6, 6.07) is 10.9. The highest BCUT2D eigenvalue weighted by molar-refractivity contribution is 6.89. The van der Waals surface area contributed by atoms with Crippen LogP contribution in [0.15, 0.2) is 36.5 Å². The van der Waals surface area contributed by atoms with Crippen molar-refractivity contribution in [3.8, 4) is 22.8 Å². The zero-order chi connectivity index (χ0) is 17.2. The van der Waals surface area contributed by atoms with Gasteiger partial charge in [-0.1, -0.05) is 37.8 Å². The first-order valence-corrected chi connectivity index (χ1v) is 12.0. The van der Waals surface area contributed by atoms with Crippen LogP contribution in [0.3, 0.4) is 0 Å². The number of benzene rings is 2. The summed E-state index contributed by atoms with van der Waals surface area (Å²) in [7, 11) is 0.613. The minimum Gasteiger partial charge on any atom is -0.450 e. The second kappa shape index (κ2) is 4.93. The van der Waals surface area contributed by atoms with E-state index in [2.05, 4.69) is 81.6 Å². The van der Waals surface area contributed by atoms with Crippen molar-refractivity contribution in [1.82, 2.24) is 0 Å². The number of aromatic nitrogens is 1. The fourth-order valence-electron chi connectivity index (χ4n) is 3.76. The van der Waals surface area contributed by atoms with Gasteiger partial charge in [-0.25, -0.2) is 0 Å². The van der Waals surface area contributed by atoms with Gasteiger partial charge in [0, 0.05) is 11.5 Å². The molecule has 3 aromatic rings. The van der Waals surface area contributed by atoms with E-state index in [1.807, 2.05) is 0 Å². The Balaban J connectivity index is 2.22. The molecule has 3 heteroatoms. The molecule has 24 heavy (non-hydrogen) atoms. The third kappa shape index (κ3) is 2.04. The lowest BCUT2D eigenvalue weighted by molar-refractivity contribution is -0.660. The summed E-state index contributed by atoms with van der Waals surface area (Å²) in [6.07, 6.45) is 2.19. The van der Waals surface area contributed by atoms with Crippen LogP contribution < -0.4 is 14.5 Å². The molecule has 0 radical (unpaired) electrons. The normalized spacial score (nSPS) is 12.9. The highest BCUT2D eigenvalue weighted by Gasteiger charge is 2.35. The molecule has 0 aliphatic carbocycles. The summed E-state index contributed by atoms with van der Waals surface area (Å²) in [5.74, 6) is 2.05. The van der Waals surface area contributed by atoms with Crippen molar-refractivity contribution in [1.29, 1.82) is 0 Å². The van der Waals surface area contributed by atoms with Gasteiger partial charge < -0.3 is 4.74 Å². The Labute approximate surface area is 144 Å². The minimum atomic E-state index is -1.51. The Morgan fingerprint density at radius 1 is 1.04 bits per heavy atom. The average Bonchev–Trinajstić information content (AvgIpc) is 2.50. The topological polar surface area (TPSA) is 13.1 Å². The van der Waals surface area contributed by atoms with E-state index in [1.54, 1.807) is 0 Å². The third-order valence-electron chi connectivity index (χ3n) is 5.18. The lowest BCUT2D eigenvalue weighted by Gasteiger charge is -2.26. The molecule has 1 aliphatic rings. The standard InChI is InChI=1S/C21H24NOSi/c1-13-12-15-8-7-9-16-19(15)18(14(13)2)20-21(23-16)17(24(4,5)6)10-11-22(20)3/h7-12H,1-6H3/q+1. The van der Waals surface area contributed by atoms with E-state index in [1.165, 1.54) is 38.3 Å². The Morgan fingerprint density at radius 2 is 1.79 bits per heavy atom. The average molecular weight is 335 g/mol. The molecule has 1 aromatic heterocycles. The third-order valence-corrected chi connectivity index (χ3v) is 7.19. The minimum absolute atomic E-state index is 0.990. The van der Waals surface area contributed by atoms with Crippen LogP contribution in [0.1, 0.15) is 11.1 Å². The van der Waals surface area contributed by atoms with Gasteiger partial charge in [0.05, 0.1) is 13.6 Å². The molecule has 0 atom stereocenters. The van der Waals surface area contributed by atoms with Gasteiger partial charge in [0.15, 0.2) is 11.9 Å². The second-order valence-corrected chi connectivity index (χ2v) is 13.0. The summed E-state index contributed by atoms with van der Waals surface area (Å²) in [6.45, 7) is 11.6. The molecular formula is C21H24NOSi+. The Morgan fingerprint density at radius 3 is 2.50 bits per heavy atom. The molecule has 0 saturated heterocycles. The lowest BCUT2D eigenvalue weighted by Crippen LogP contribution is -2.43. The van der Waals surface area contributed by atoms with E-state index in [9.17, 15) is 0 Å². The van der Waals surface area contributed by atoms with Gasteiger partial charge in [-0.3, -0.25) is 0 Å². The van der Waals surface area contributed by atoms with E-state index in [0.717, 1.165) is 11.5 Å². The Kier molecular flexibility index (Phi) is 3.16. The van der Waals surface area contributed by atoms with Crippen molar-refractivity contribution < 1.29 is 9.30 Å². The summed E-state index contributed by atoms with van der Waals surface area (Å²) >= 11 is 0. The van der Waals surface area contributed by atoms with Gasteiger partial charge in [0.2, 0.25) is 0 Å². The summed E-state index contributed by atoms with van der Waals surface area (Å²) in [5.41, 5.74) is 5.24. The number of hydrogen-bond donors (Lipinski definition) is 0. The van der Waals surface area contributed by atoms with Gasteiger partial charge in [-0.05, 0) is 41.6 Å². The van der Waals surface area contributed by atoms with Gasteiger partial charge in [0.1, 0.15) is 12.8 Å². The fraction of sp³-hybridized carbons (Fsp3) is 0.286. The number of aryl methyl sites for hydroxylation is 2. The van der Waals surface area contributed by atoms with Gasteiger partial charge in [-0.2, -0.15) is 4.57 Å². The van der Waals surface area contributed by atoms with Crippen LogP contribution in [0.25, 0.3) is 22.0 Å². The van der Waals surface area contributed by atoms with Crippen LogP contribution in [0.4, 0.5) is 0 Å². The Hall–Kier alpha value is -2.13. The second-order valence-electron chi connectivity index (χ2n) is 7.92. The maximum absolute atomic E-state index is 6.50. The fourth-order valence-corrected chi connectivity index (χ4v) is 5.19. The van der Waals surface area contributed by atoms with Crippen LogP contribution in [0, 0.1) is 13.8 Å². The number of fused-ring (bicyclic) bond motifs is 2. The highest BCUT2D eigenvalue weighted by atomic mass is 28.3. The Bertz CT molecular complexity index is 999. The summed E-state index contributed by atoms with van der Waals surface area (Å²) < 4.78 is 8.72. The predicted octanol–water partition coefficient (Wildman–Crippen LogP) is 4.60. The van der Waals surface area contributed by atoms with Crippen molar-refractivity contribution >= 4 is 24.0 Å². The highest BCUT2D eigenvalue weighted by Crippen LogP contribution is 2.46. The number of rotatable bonds is 1. The van der Waals surface area contributed by atoms with E-state index in [4.69, 9.17) is 4.74 Å². The number of nitrogens with zero attached hydrogens (tertiary/aromatic N) is 1. The molecule has 0 amide bonds. The van der Waals surface area contributed by atoms with Crippen LogP contribution >= 0.6 is 0 Å². The number of hydrogen-bond acceptors (Lipinski definition) is 1. The van der Waals surface area contributed by atoms with Crippen molar-refractivity contribution in [3.63, 3.8) is 0 Å². The molecule has 0 unspecified atom stereocenters. The lowest BCUT2D eigenvalue weighted by atomic mass is 9.91. The van der Waals surface area contributed by atoms with Gasteiger partial charge in [-0.15, -0.1) is 0 Å². The first kappa shape index (κ1) is 15.4. The quantitative estimate of drug-likeness (QED) is 0.366. The van der Waals surface area contributed by atoms with Crippen LogP contribution in [0.5, 0.6) is 11.5 Å². The van der Waals surface area contributed by atoms with Crippen molar-refractivity contribution in [2.75, 3.05) is 0 Å². The molecule has 4 rings (SSSR count). The monoisotopic (exact) mass is 334 g/mol. The summed E-state index contributed by atoms with van der Waals surface area (Å²) in [4.78, 5) is 0. The maximum Gasteiger partial charge on any atom is 0.256 e. The molecule has 2 nitrogen and oxygen atoms in total. The zero-order valence-electron chi connectivity index (χ0n) is 15.3. The molecule has 0 spiro atoms. The molecule has 1 aliphatic heterocycles. The SMILES string of the molecule is Cc1cc2cccc3c2c(c1C)-c1c(c([Si](C)(C)C)cc[n+]1C)O3. The number of pyridine rings is 1. The molecule has 0 saturated carbocycles. The molecule has 0 fully saturated rings. The zero-order valence-corrected chi connectivity index (χ0v) is 16.3. The van der Waals surface area contributed by atoms with E-state index >= 15 is 0 Å². The van der Waals surface area contributed by atoms with Crippen LogP contribution in [0.2, 0.25) is 19.6 Å². The molecule has 122 valence electrons. The first-order chi connectivity index (χ1) is 11.3.